The maximum atomic E-state index is 12.6. The highest BCUT2D eigenvalue weighted by atomic mass is 16.8. The molecule has 0 aromatic heterocycles. The minimum Gasteiger partial charge on any atom is -0.460 e. The smallest absolute Gasteiger partial charge is 0.330 e. The van der Waals surface area contributed by atoms with Crippen LogP contribution in [0.1, 0.15) is 64.2 Å². The van der Waals surface area contributed by atoms with Gasteiger partial charge in [-0.25, -0.2) is 4.79 Å². The molecule has 22 heteroatoms. The number of allylic oxidation sites excluding steroid dienone is 1. The Bertz CT molecular complexity index is 1510. The summed E-state index contributed by atoms with van der Waals surface area (Å²) in [5, 5.41) is 129. The van der Waals surface area contributed by atoms with Crippen molar-refractivity contribution in [2.75, 3.05) is 26.9 Å². The summed E-state index contributed by atoms with van der Waals surface area (Å²) >= 11 is 0. The number of rotatable bonds is 13. The van der Waals surface area contributed by atoms with Crippen LogP contribution in [0.4, 0.5) is 0 Å². The van der Waals surface area contributed by atoms with Crippen LogP contribution in [0.3, 0.4) is 0 Å². The van der Waals surface area contributed by atoms with Gasteiger partial charge in [-0.3, -0.25) is 0 Å². The molecular weight excluding hydrogens is 856 g/mol. The first-order valence-corrected chi connectivity index (χ1v) is 22.6. The second-order valence-corrected chi connectivity index (χ2v) is 18.6. The number of carbonyl (C=O) groups excluding carboxylic acids is 1. The summed E-state index contributed by atoms with van der Waals surface area (Å²) in [6.45, 7) is -1.65. The van der Waals surface area contributed by atoms with Crippen LogP contribution in [0.2, 0.25) is 0 Å². The van der Waals surface area contributed by atoms with Gasteiger partial charge < -0.3 is 104 Å². The second-order valence-electron chi connectivity index (χ2n) is 18.6. The number of aliphatic hydroxyl groups is 12. The number of carbonyl (C=O) groups is 1. The van der Waals surface area contributed by atoms with E-state index in [0.29, 0.717) is 6.42 Å². The van der Waals surface area contributed by atoms with Crippen molar-refractivity contribution in [2.24, 2.45) is 17.8 Å². The van der Waals surface area contributed by atoms with Gasteiger partial charge in [-0.2, -0.15) is 0 Å². The molecular formula is C42H68O22. The number of esters is 1. The van der Waals surface area contributed by atoms with Crippen molar-refractivity contribution in [3.8, 4) is 0 Å². The van der Waals surface area contributed by atoms with Crippen LogP contribution in [-0.2, 0) is 47.4 Å². The summed E-state index contributed by atoms with van der Waals surface area (Å²) in [5.74, 6) is -1.54. The standard InChI is InChI=1S/C42H68O22/c1-56-20-4-2-3-17(9-20)5-8-30(48)57-15-28-32(50)34(52)37(55)40(62-28)59-16-29-33(51)35(53)39(64-41-36(54)31(49)25(47)14-58-41)42(63-29)61-27-13-21-23(45)11-19(43)12-26(21)60-38(27)18-6-7-22(44)24(46)10-18/h5,8,17-29,31-47,49-55H,2-4,6-7,9-16H2,1H3. The topological polar surface area (TPSA) is 343 Å². The lowest BCUT2D eigenvalue weighted by molar-refractivity contribution is -0.376. The lowest BCUT2D eigenvalue weighted by atomic mass is 9.72. The highest BCUT2D eigenvalue weighted by molar-refractivity contribution is 5.81. The highest BCUT2D eigenvalue weighted by Crippen LogP contribution is 2.44. The SMILES string of the molecule is COC1CCCC(C=CC(=O)OCC2OC(OCC3OC(OC4CC5C(O)CC(O)CC5OC4C4CCC(O)C(O)C4)C(OC4OCC(O)C(O)C4O)C(O)C3O)C(O)C(O)C2O)C1. The Morgan fingerprint density at radius 1 is 0.625 bits per heavy atom. The second kappa shape index (κ2) is 22.2. The third-order valence-corrected chi connectivity index (χ3v) is 14.2. The molecule has 0 amide bonds. The van der Waals surface area contributed by atoms with Crippen LogP contribution in [0.15, 0.2) is 12.2 Å². The van der Waals surface area contributed by atoms with Crippen molar-refractivity contribution in [1.29, 1.82) is 0 Å². The Hall–Kier alpha value is -1.59. The molecule has 0 bridgehead atoms. The van der Waals surface area contributed by atoms with Gasteiger partial charge in [0.25, 0.3) is 0 Å². The van der Waals surface area contributed by atoms with Crippen molar-refractivity contribution in [1.82, 2.24) is 0 Å². The molecule has 22 nitrogen and oxygen atoms in total. The van der Waals surface area contributed by atoms with Crippen LogP contribution in [0.5, 0.6) is 0 Å². The first kappa shape index (κ1) is 50.3. The first-order chi connectivity index (χ1) is 30.5. The molecule has 368 valence electrons. The van der Waals surface area contributed by atoms with E-state index in [4.69, 9.17) is 42.6 Å². The van der Waals surface area contributed by atoms with E-state index < -0.39 is 166 Å². The molecule has 3 aliphatic carbocycles. The number of ether oxygens (including phenoxy) is 9. The van der Waals surface area contributed by atoms with Gasteiger partial charge in [-0.05, 0) is 69.6 Å². The van der Waals surface area contributed by atoms with Crippen molar-refractivity contribution >= 4 is 5.97 Å². The van der Waals surface area contributed by atoms with E-state index in [0.717, 1.165) is 25.7 Å². The first-order valence-electron chi connectivity index (χ1n) is 22.6. The summed E-state index contributed by atoms with van der Waals surface area (Å²) in [7, 11) is 1.64. The molecule has 25 atom stereocenters. The Kier molecular flexibility index (Phi) is 17.5. The van der Waals surface area contributed by atoms with Crippen LogP contribution in [0, 0.1) is 17.8 Å². The van der Waals surface area contributed by atoms with Gasteiger partial charge >= 0.3 is 5.97 Å². The van der Waals surface area contributed by atoms with Crippen molar-refractivity contribution in [3.05, 3.63) is 12.2 Å². The van der Waals surface area contributed by atoms with Gasteiger partial charge in [-0.15, -0.1) is 0 Å². The highest BCUT2D eigenvalue weighted by Gasteiger charge is 2.55. The number of hydrogen-bond acceptors (Lipinski definition) is 22. The lowest BCUT2D eigenvalue weighted by Crippen LogP contribution is -2.65. The molecule has 0 aromatic carbocycles. The summed E-state index contributed by atoms with van der Waals surface area (Å²) in [6, 6.07) is 0. The Morgan fingerprint density at radius 2 is 1.34 bits per heavy atom. The van der Waals surface area contributed by atoms with Gasteiger partial charge in [-0.1, -0.05) is 12.5 Å². The summed E-state index contributed by atoms with van der Waals surface area (Å²) < 4.78 is 53.0. The van der Waals surface area contributed by atoms with Gasteiger partial charge in [0.1, 0.15) is 73.8 Å². The molecule has 7 fully saturated rings. The van der Waals surface area contributed by atoms with Crippen molar-refractivity contribution in [2.45, 2.75) is 199 Å². The Balaban J connectivity index is 1.06. The minimum absolute atomic E-state index is 0.0779. The summed E-state index contributed by atoms with van der Waals surface area (Å²) in [4.78, 5) is 12.6. The molecule has 0 radical (unpaired) electrons. The minimum atomic E-state index is -1.90. The molecule has 7 aliphatic rings. The van der Waals surface area contributed by atoms with E-state index in [1.54, 1.807) is 13.2 Å². The van der Waals surface area contributed by atoms with Gasteiger partial charge in [0, 0.05) is 19.1 Å². The fraction of sp³-hybridized carbons (Fsp3) is 0.929. The van der Waals surface area contributed by atoms with E-state index in [9.17, 15) is 66.1 Å². The maximum absolute atomic E-state index is 12.6. The zero-order valence-corrected chi connectivity index (χ0v) is 35.7. The van der Waals surface area contributed by atoms with Gasteiger partial charge in [0.05, 0.1) is 62.0 Å². The molecule has 0 aromatic rings. The molecule has 4 aliphatic heterocycles. The number of aliphatic hydroxyl groups excluding tert-OH is 12. The zero-order valence-electron chi connectivity index (χ0n) is 35.7. The molecule has 7 rings (SSSR count). The Morgan fingerprint density at radius 3 is 2.09 bits per heavy atom. The van der Waals surface area contributed by atoms with E-state index in [-0.39, 0.29) is 44.1 Å². The van der Waals surface area contributed by atoms with E-state index in [1.807, 2.05) is 0 Å². The molecule has 64 heavy (non-hydrogen) atoms. The van der Waals surface area contributed by atoms with Gasteiger partial charge in [0.15, 0.2) is 18.9 Å². The third kappa shape index (κ3) is 11.6. The van der Waals surface area contributed by atoms with Crippen LogP contribution >= 0.6 is 0 Å². The number of hydrogen-bond donors (Lipinski definition) is 12. The van der Waals surface area contributed by atoms with E-state index in [1.165, 1.54) is 6.08 Å². The molecule has 25 unspecified atom stereocenters. The van der Waals surface area contributed by atoms with E-state index >= 15 is 0 Å². The maximum Gasteiger partial charge on any atom is 0.330 e. The molecule has 0 spiro atoms. The predicted molar refractivity (Wildman–Crippen MR) is 211 cm³/mol. The van der Waals surface area contributed by atoms with Crippen molar-refractivity contribution in [3.63, 3.8) is 0 Å². The molecule has 12 N–H and O–H groups in total. The fourth-order valence-corrected chi connectivity index (χ4v) is 10.3. The van der Waals surface area contributed by atoms with Crippen molar-refractivity contribution < 1.29 is 109 Å². The molecule has 4 saturated heterocycles. The number of fused-ring (bicyclic) bond motifs is 1. The van der Waals surface area contributed by atoms with E-state index in [2.05, 4.69) is 0 Å². The summed E-state index contributed by atoms with van der Waals surface area (Å²) in [5.41, 5.74) is 0. The zero-order chi connectivity index (χ0) is 46.0. The predicted octanol–water partition coefficient (Wildman–Crippen LogP) is -4.42. The summed E-state index contributed by atoms with van der Waals surface area (Å²) in [6.07, 6.45) is -22.1. The lowest BCUT2D eigenvalue weighted by Gasteiger charge is -2.51. The largest absolute Gasteiger partial charge is 0.460 e. The average molecular weight is 925 g/mol. The number of methoxy groups -OCH3 is 1. The van der Waals surface area contributed by atoms with Gasteiger partial charge in [0.2, 0.25) is 0 Å². The quantitative estimate of drug-likeness (QED) is 0.0613. The van der Waals surface area contributed by atoms with Crippen LogP contribution < -0.4 is 0 Å². The normalized spacial score (nSPS) is 50.5. The fourth-order valence-electron chi connectivity index (χ4n) is 10.3. The molecule has 4 heterocycles. The van der Waals surface area contributed by atoms with Crippen LogP contribution in [-0.4, -0.2) is 229 Å². The van der Waals surface area contributed by atoms with Crippen LogP contribution in [0.25, 0.3) is 0 Å². The average Bonchev–Trinajstić information content (AvgIpc) is 3.27. The molecule has 3 saturated carbocycles. The Labute approximate surface area is 370 Å². The monoisotopic (exact) mass is 924 g/mol. The third-order valence-electron chi connectivity index (χ3n) is 14.2.